The summed E-state index contributed by atoms with van der Waals surface area (Å²) < 4.78 is 8.57. The van der Waals surface area contributed by atoms with Gasteiger partial charge in [0.1, 0.15) is 11.6 Å². The second-order valence-corrected chi connectivity index (χ2v) is 11.4. The van der Waals surface area contributed by atoms with E-state index >= 15 is 0 Å². The van der Waals surface area contributed by atoms with Crippen LogP contribution in [0.2, 0.25) is 0 Å². The van der Waals surface area contributed by atoms with Gasteiger partial charge in [-0.2, -0.15) is 5.10 Å². The first-order chi connectivity index (χ1) is 19.6. The van der Waals surface area contributed by atoms with Crippen LogP contribution in [0.4, 0.5) is 0 Å². The summed E-state index contributed by atoms with van der Waals surface area (Å²) >= 11 is 0. The lowest BCUT2D eigenvalue weighted by atomic mass is 9.87. The Morgan fingerprint density at radius 3 is 2.24 bits per heavy atom. The highest BCUT2D eigenvalue weighted by Gasteiger charge is 2.15. The first-order valence-electron chi connectivity index (χ1n) is 13.9. The molecule has 4 aromatic rings. The van der Waals surface area contributed by atoms with Crippen LogP contribution >= 0.6 is 0 Å². The van der Waals surface area contributed by atoms with Crippen LogP contribution in [0.5, 0.6) is 5.75 Å². The average Bonchev–Trinajstić information content (AvgIpc) is 3.22. The number of aryl methyl sites for hydroxylation is 2. The Balaban J connectivity index is 1.42. The van der Waals surface area contributed by atoms with Crippen molar-refractivity contribution in [2.75, 3.05) is 7.11 Å². The minimum atomic E-state index is -0.895. The molecule has 7 heteroatoms. The third-order valence-electron chi connectivity index (χ3n) is 7.24. The standard InChI is InChI=1S/C34H39N3O4/c1-6-20-36-31(35-37(33(36)40)23-25-12-17-29(18-13-25)34(2,3)4)9-7-8-24-10-14-26(15-11-24)27-16-19-30(41-5)28(21-27)22-32(38)39/h6,10-19,21H,1,7-9,20,22-23H2,2-5H3,(H,38,39). The molecule has 1 N–H and O–H groups in total. The first-order valence-corrected chi connectivity index (χ1v) is 13.9. The molecule has 0 unspecified atom stereocenters. The van der Waals surface area contributed by atoms with Gasteiger partial charge in [0, 0.05) is 18.5 Å². The predicted molar refractivity (Wildman–Crippen MR) is 163 cm³/mol. The molecule has 214 valence electrons. The number of ether oxygens (including phenoxy) is 1. The van der Waals surface area contributed by atoms with Gasteiger partial charge in [-0.3, -0.25) is 9.36 Å². The zero-order valence-electron chi connectivity index (χ0n) is 24.4. The maximum Gasteiger partial charge on any atom is 0.346 e. The quantitative estimate of drug-likeness (QED) is 0.216. The topological polar surface area (TPSA) is 86.3 Å². The summed E-state index contributed by atoms with van der Waals surface area (Å²) in [5.74, 6) is 0.444. The van der Waals surface area contributed by atoms with Crippen LogP contribution in [-0.2, 0) is 42.6 Å². The van der Waals surface area contributed by atoms with Crippen LogP contribution in [-0.4, -0.2) is 32.5 Å². The van der Waals surface area contributed by atoms with Crippen LogP contribution < -0.4 is 10.4 Å². The minimum Gasteiger partial charge on any atom is -0.496 e. The summed E-state index contributed by atoms with van der Waals surface area (Å²) in [7, 11) is 1.54. The number of rotatable bonds is 12. The zero-order valence-corrected chi connectivity index (χ0v) is 24.4. The van der Waals surface area contributed by atoms with Crippen LogP contribution in [0.25, 0.3) is 11.1 Å². The van der Waals surface area contributed by atoms with E-state index in [4.69, 9.17) is 4.74 Å². The summed E-state index contributed by atoms with van der Waals surface area (Å²) in [5, 5.41) is 13.9. The van der Waals surface area contributed by atoms with Crippen molar-refractivity contribution in [2.24, 2.45) is 0 Å². The fraction of sp³-hybridized carbons (Fsp3) is 0.324. The number of aliphatic carboxylic acids is 1. The number of carbonyl (C=O) groups is 1. The molecule has 41 heavy (non-hydrogen) atoms. The molecule has 0 aliphatic heterocycles. The van der Waals surface area contributed by atoms with Crippen LogP contribution in [0.3, 0.4) is 0 Å². The van der Waals surface area contributed by atoms with E-state index in [1.807, 2.05) is 18.2 Å². The summed E-state index contributed by atoms with van der Waals surface area (Å²) in [6.45, 7) is 11.2. The molecule has 1 heterocycles. The third kappa shape index (κ3) is 7.42. The molecule has 0 amide bonds. The van der Waals surface area contributed by atoms with Gasteiger partial charge < -0.3 is 9.84 Å². The number of aromatic nitrogens is 3. The largest absolute Gasteiger partial charge is 0.496 e. The Morgan fingerprint density at radius 1 is 0.976 bits per heavy atom. The molecule has 0 aliphatic carbocycles. The van der Waals surface area contributed by atoms with Gasteiger partial charge in [0.15, 0.2) is 0 Å². The summed E-state index contributed by atoms with van der Waals surface area (Å²) in [6, 6.07) is 22.3. The van der Waals surface area contributed by atoms with Crippen molar-refractivity contribution < 1.29 is 14.6 Å². The molecule has 0 saturated heterocycles. The fourth-order valence-corrected chi connectivity index (χ4v) is 4.94. The molecule has 0 bridgehead atoms. The molecule has 4 rings (SSSR count). The molecule has 0 atom stereocenters. The predicted octanol–water partition coefficient (Wildman–Crippen LogP) is 6.05. The number of nitrogens with zero attached hydrogens (tertiary/aromatic N) is 3. The van der Waals surface area contributed by atoms with Crippen molar-refractivity contribution in [3.8, 4) is 16.9 Å². The molecule has 3 aromatic carbocycles. The van der Waals surface area contributed by atoms with E-state index in [0.717, 1.165) is 35.4 Å². The van der Waals surface area contributed by atoms with Crippen molar-refractivity contribution in [1.29, 1.82) is 0 Å². The Bertz CT molecular complexity index is 1560. The van der Waals surface area contributed by atoms with Crippen molar-refractivity contribution >= 4 is 5.97 Å². The van der Waals surface area contributed by atoms with Crippen molar-refractivity contribution in [3.63, 3.8) is 0 Å². The normalized spacial score (nSPS) is 11.4. The molecular formula is C34H39N3O4. The molecular weight excluding hydrogens is 514 g/mol. The second-order valence-electron chi connectivity index (χ2n) is 11.4. The zero-order chi connectivity index (χ0) is 29.6. The lowest BCUT2D eigenvalue weighted by molar-refractivity contribution is -0.136. The van der Waals surface area contributed by atoms with Crippen molar-refractivity contribution in [2.45, 2.75) is 65.0 Å². The van der Waals surface area contributed by atoms with Crippen LogP contribution in [0.15, 0.2) is 84.2 Å². The van der Waals surface area contributed by atoms with E-state index in [2.05, 4.69) is 81.0 Å². The molecule has 0 radical (unpaired) electrons. The maximum absolute atomic E-state index is 13.1. The average molecular weight is 554 g/mol. The van der Waals surface area contributed by atoms with E-state index in [0.29, 0.717) is 30.8 Å². The summed E-state index contributed by atoms with van der Waals surface area (Å²) in [5.41, 5.74) is 6.05. The van der Waals surface area contributed by atoms with E-state index in [-0.39, 0.29) is 17.5 Å². The van der Waals surface area contributed by atoms with E-state index in [1.54, 1.807) is 22.4 Å². The summed E-state index contributed by atoms with van der Waals surface area (Å²) in [6.07, 6.45) is 4.01. The SMILES string of the molecule is C=CCn1c(CCCc2ccc(-c3ccc(OC)c(CC(=O)O)c3)cc2)nn(Cc2ccc(C(C)(C)C)cc2)c1=O. The Morgan fingerprint density at radius 2 is 1.63 bits per heavy atom. The van der Waals surface area contributed by atoms with Gasteiger partial charge in [-0.15, -0.1) is 6.58 Å². The molecule has 0 fully saturated rings. The highest BCUT2D eigenvalue weighted by atomic mass is 16.5. The van der Waals surface area contributed by atoms with Gasteiger partial charge in [0.2, 0.25) is 0 Å². The lowest BCUT2D eigenvalue weighted by Gasteiger charge is -2.19. The first kappa shape index (κ1) is 29.6. The number of carboxylic acid groups (broad SMARTS) is 1. The van der Waals surface area contributed by atoms with Gasteiger partial charge in [-0.1, -0.05) is 81.4 Å². The monoisotopic (exact) mass is 553 g/mol. The maximum atomic E-state index is 13.1. The highest BCUT2D eigenvalue weighted by Crippen LogP contribution is 2.28. The number of methoxy groups -OCH3 is 1. The Labute approximate surface area is 241 Å². The smallest absolute Gasteiger partial charge is 0.346 e. The van der Waals surface area contributed by atoms with Gasteiger partial charge >= 0.3 is 11.7 Å². The van der Waals surface area contributed by atoms with Crippen molar-refractivity contribution in [1.82, 2.24) is 14.3 Å². The van der Waals surface area contributed by atoms with Crippen LogP contribution in [0, 0.1) is 0 Å². The third-order valence-corrected chi connectivity index (χ3v) is 7.24. The van der Waals surface area contributed by atoms with Gasteiger partial charge in [0.05, 0.1) is 20.1 Å². The van der Waals surface area contributed by atoms with E-state index in [1.165, 1.54) is 11.1 Å². The van der Waals surface area contributed by atoms with Crippen LogP contribution in [0.1, 0.15) is 55.3 Å². The molecule has 0 spiro atoms. The van der Waals surface area contributed by atoms with E-state index in [9.17, 15) is 14.7 Å². The van der Waals surface area contributed by atoms with E-state index < -0.39 is 5.97 Å². The minimum absolute atomic E-state index is 0.0789. The number of hydrogen-bond donors (Lipinski definition) is 1. The number of carboxylic acids is 1. The number of benzene rings is 3. The fourth-order valence-electron chi connectivity index (χ4n) is 4.94. The molecule has 0 saturated carbocycles. The molecule has 7 nitrogen and oxygen atoms in total. The Kier molecular flexibility index (Phi) is 9.28. The van der Waals surface area contributed by atoms with Crippen molar-refractivity contribution in [3.05, 3.63) is 118 Å². The molecule has 1 aromatic heterocycles. The van der Waals surface area contributed by atoms with Gasteiger partial charge in [0.25, 0.3) is 0 Å². The van der Waals surface area contributed by atoms with Gasteiger partial charge in [-0.05, 0) is 58.2 Å². The number of hydrogen-bond acceptors (Lipinski definition) is 4. The van der Waals surface area contributed by atoms with Gasteiger partial charge in [-0.25, -0.2) is 9.48 Å². The molecule has 0 aliphatic rings. The second kappa shape index (κ2) is 12.9. The summed E-state index contributed by atoms with van der Waals surface area (Å²) in [4.78, 5) is 24.4. The number of allylic oxidation sites excluding steroid dienone is 1. The highest BCUT2D eigenvalue weighted by molar-refractivity contribution is 5.74. The lowest BCUT2D eigenvalue weighted by Crippen LogP contribution is -2.25. The Hall–Kier alpha value is -4.39.